The van der Waals surface area contributed by atoms with Crippen LogP contribution in [-0.4, -0.2) is 28.2 Å². The summed E-state index contributed by atoms with van der Waals surface area (Å²) in [6.07, 6.45) is 6.84. The number of anilines is 3. The highest BCUT2D eigenvalue weighted by Gasteiger charge is 2.27. The summed E-state index contributed by atoms with van der Waals surface area (Å²) in [7, 11) is -0.816. The molecule has 1 aromatic heterocycles. The Morgan fingerprint density at radius 3 is 3.04 bits per heavy atom. The third-order valence-corrected chi connectivity index (χ3v) is 5.31. The highest BCUT2D eigenvalue weighted by molar-refractivity contribution is 6.61. The van der Waals surface area contributed by atoms with Crippen LogP contribution in [0.5, 0.6) is 0 Å². The molecule has 1 aromatic carbocycles. The smallest absolute Gasteiger partial charge is 0.423 e. The first-order chi connectivity index (χ1) is 12.6. The van der Waals surface area contributed by atoms with E-state index >= 15 is 0 Å². The van der Waals surface area contributed by atoms with Crippen molar-refractivity contribution in [1.82, 2.24) is 9.97 Å². The van der Waals surface area contributed by atoms with Gasteiger partial charge in [-0.3, -0.25) is 0 Å². The van der Waals surface area contributed by atoms with Crippen LogP contribution < -0.4 is 16.1 Å². The normalized spacial score (nSPS) is 22.2. The average Bonchev–Trinajstić information content (AvgIpc) is 2.98. The number of nitrogens with one attached hydrogen (secondary N) is 2. The van der Waals surface area contributed by atoms with Crippen LogP contribution in [0.1, 0.15) is 43.7 Å². The summed E-state index contributed by atoms with van der Waals surface area (Å²) in [5.41, 5.74) is 3.76. The molecule has 1 fully saturated rings. The van der Waals surface area contributed by atoms with Crippen molar-refractivity contribution in [3.05, 3.63) is 35.5 Å². The number of benzene rings is 1. The Balaban J connectivity index is 1.49. The molecule has 136 valence electrons. The molecule has 0 radical (unpaired) electrons. The van der Waals surface area contributed by atoms with Crippen LogP contribution in [0, 0.1) is 12.8 Å². The molecular weight excluding hydrogens is 327 g/mol. The summed E-state index contributed by atoms with van der Waals surface area (Å²) >= 11 is 0. The maximum absolute atomic E-state index is 9.73. The number of fused-ring (bicyclic) bond motifs is 1. The zero-order valence-corrected chi connectivity index (χ0v) is 15.3. The van der Waals surface area contributed by atoms with Crippen molar-refractivity contribution in [2.75, 3.05) is 10.6 Å². The van der Waals surface area contributed by atoms with E-state index < -0.39 is 7.12 Å². The molecule has 6 nitrogen and oxygen atoms in total. The van der Waals surface area contributed by atoms with E-state index in [4.69, 9.17) is 4.65 Å². The Kier molecular flexibility index (Phi) is 4.83. The molecule has 0 saturated heterocycles. The van der Waals surface area contributed by atoms with Gasteiger partial charge in [0.15, 0.2) is 0 Å². The van der Waals surface area contributed by atoms with Gasteiger partial charge in [-0.15, -0.1) is 0 Å². The lowest BCUT2D eigenvalue weighted by atomic mass is 9.79. The topological polar surface area (TPSA) is 79.3 Å². The van der Waals surface area contributed by atoms with Crippen LogP contribution in [-0.2, 0) is 11.3 Å². The van der Waals surface area contributed by atoms with E-state index in [1.165, 1.54) is 25.7 Å². The van der Waals surface area contributed by atoms with Crippen molar-refractivity contribution in [1.29, 1.82) is 0 Å². The molecule has 3 N–H and O–H groups in total. The predicted octanol–water partition coefficient (Wildman–Crippen LogP) is 2.74. The highest BCUT2D eigenvalue weighted by Crippen LogP contribution is 2.27. The number of hydrogen-bond acceptors (Lipinski definition) is 6. The average molecular weight is 352 g/mol. The summed E-state index contributed by atoms with van der Waals surface area (Å²) < 4.78 is 5.24. The fourth-order valence-corrected chi connectivity index (χ4v) is 3.84. The van der Waals surface area contributed by atoms with Gasteiger partial charge in [-0.25, -0.2) is 4.98 Å². The summed E-state index contributed by atoms with van der Waals surface area (Å²) in [5.74, 6) is 2.24. The van der Waals surface area contributed by atoms with Crippen LogP contribution in [0.25, 0.3) is 0 Å². The Hall–Kier alpha value is -2.12. The number of hydrogen-bond donors (Lipinski definition) is 3. The van der Waals surface area contributed by atoms with Crippen LogP contribution in [0.2, 0.25) is 0 Å². The van der Waals surface area contributed by atoms with E-state index in [0.29, 0.717) is 18.6 Å². The molecule has 1 saturated carbocycles. The van der Waals surface area contributed by atoms with Gasteiger partial charge < -0.3 is 20.3 Å². The summed E-state index contributed by atoms with van der Waals surface area (Å²) in [5, 5.41) is 16.6. The molecule has 2 heterocycles. The molecule has 2 unspecified atom stereocenters. The van der Waals surface area contributed by atoms with E-state index in [0.717, 1.165) is 34.0 Å². The maximum Gasteiger partial charge on any atom is 0.491 e. The lowest BCUT2D eigenvalue weighted by molar-refractivity contribution is 0.275. The van der Waals surface area contributed by atoms with Crippen LogP contribution in [0.3, 0.4) is 0 Å². The van der Waals surface area contributed by atoms with Crippen molar-refractivity contribution in [2.45, 2.75) is 52.2 Å². The number of aromatic nitrogens is 2. The first kappa shape index (κ1) is 17.3. The lowest BCUT2D eigenvalue weighted by Gasteiger charge is -2.28. The standard InChI is InChI=1S/C19H25BN4O2/c1-12-4-3-5-15(8-12)22-18-13(2)10-21-19(24-18)23-16-6-7-17-14(9-16)11-26-20(17)25/h6-7,9-10,12,15,25H,3-5,8,11H2,1-2H3,(H2,21,22,23,24). The van der Waals surface area contributed by atoms with Crippen LogP contribution in [0.15, 0.2) is 24.4 Å². The van der Waals surface area contributed by atoms with E-state index in [1.807, 2.05) is 31.3 Å². The maximum atomic E-state index is 9.73. The van der Waals surface area contributed by atoms with Gasteiger partial charge >= 0.3 is 7.12 Å². The Morgan fingerprint density at radius 2 is 2.19 bits per heavy atom. The van der Waals surface area contributed by atoms with Crippen molar-refractivity contribution in [3.8, 4) is 0 Å². The fourth-order valence-electron chi connectivity index (χ4n) is 3.84. The molecule has 2 aliphatic rings. The Morgan fingerprint density at radius 1 is 1.31 bits per heavy atom. The molecule has 0 amide bonds. The monoisotopic (exact) mass is 352 g/mol. The summed E-state index contributed by atoms with van der Waals surface area (Å²) in [6.45, 7) is 4.78. The van der Waals surface area contributed by atoms with E-state index in [9.17, 15) is 5.02 Å². The molecule has 26 heavy (non-hydrogen) atoms. The summed E-state index contributed by atoms with van der Waals surface area (Å²) in [4.78, 5) is 9.09. The lowest BCUT2D eigenvalue weighted by Crippen LogP contribution is -2.27. The minimum atomic E-state index is -0.816. The Bertz CT molecular complexity index is 801. The second-order valence-electron chi connectivity index (χ2n) is 7.54. The SMILES string of the molecule is Cc1cnc(Nc2ccc3c(c2)COB3O)nc1NC1CCCC(C)C1. The van der Waals surface area contributed by atoms with Crippen LogP contribution >= 0.6 is 0 Å². The third kappa shape index (κ3) is 3.69. The van der Waals surface area contributed by atoms with Gasteiger partial charge in [0.1, 0.15) is 5.82 Å². The zero-order chi connectivity index (χ0) is 18.1. The van der Waals surface area contributed by atoms with Gasteiger partial charge in [0.25, 0.3) is 0 Å². The first-order valence-corrected chi connectivity index (χ1v) is 9.38. The quantitative estimate of drug-likeness (QED) is 0.735. The van der Waals surface area contributed by atoms with Gasteiger partial charge in [-0.05, 0) is 48.8 Å². The number of rotatable bonds is 4. The van der Waals surface area contributed by atoms with Crippen molar-refractivity contribution in [2.24, 2.45) is 5.92 Å². The van der Waals surface area contributed by atoms with Crippen molar-refractivity contribution < 1.29 is 9.68 Å². The van der Waals surface area contributed by atoms with E-state index in [2.05, 4.69) is 27.5 Å². The minimum Gasteiger partial charge on any atom is -0.423 e. The molecule has 4 rings (SSSR count). The van der Waals surface area contributed by atoms with Crippen LogP contribution in [0.4, 0.5) is 17.5 Å². The van der Waals surface area contributed by atoms with Crippen molar-refractivity contribution >= 4 is 30.0 Å². The minimum absolute atomic E-state index is 0.424. The number of nitrogens with zero attached hydrogens (tertiary/aromatic N) is 2. The first-order valence-electron chi connectivity index (χ1n) is 9.38. The molecule has 7 heteroatoms. The third-order valence-electron chi connectivity index (χ3n) is 5.31. The largest absolute Gasteiger partial charge is 0.491 e. The fraction of sp³-hybridized carbons (Fsp3) is 0.474. The molecule has 0 bridgehead atoms. The van der Waals surface area contributed by atoms with Gasteiger partial charge in [0.05, 0.1) is 6.61 Å². The van der Waals surface area contributed by atoms with E-state index in [1.54, 1.807) is 0 Å². The van der Waals surface area contributed by atoms with Gasteiger partial charge in [0.2, 0.25) is 5.95 Å². The molecule has 1 aliphatic carbocycles. The molecule has 2 atom stereocenters. The van der Waals surface area contributed by atoms with E-state index in [-0.39, 0.29) is 0 Å². The predicted molar refractivity (Wildman–Crippen MR) is 104 cm³/mol. The molecule has 1 aliphatic heterocycles. The second kappa shape index (κ2) is 7.25. The Labute approximate surface area is 154 Å². The highest BCUT2D eigenvalue weighted by atomic mass is 16.5. The zero-order valence-electron chi connectivity index (χ0n) is 15.3. The molecule has 2 aromatic rings. The molecular formula is C19H25BN4O2. The number of aryl methyl sites for hydroxylation is 1. The molecule has 0 spiro atoms. The van der Waals surface area contributed by atoms with Gasteiger partial charge in [-0.1, -0.05) is 25.8 Å². The van der Waals surface area contributed by atoms with Crippen molar-refractivity contribution in [3.63, 3.8) is 0 Å². The second-order valence-corrected chi connectivity index (χ2v) is 7.54. The van der Waals surface area contributed by atoms with Gasteiger partial charge in [0, 0.05) is 23.5 Å². The summed E-state index contributed by atoms with van der Waals surface area (Å²) in [6, 6.07) is 6.26. The van der Waals surface area contributed by atoms with Gasteiger partial charge in [-0.2, -0.15) is 4.98 Å².